The molecule has 1 aliphatic carbocycles. The fraction of sp³-hybridized carbons (Fsp3) is 0.526. The lowest BCUT2D eigenvalue weighted by Crippen LogP contribution is -2.59. The second-order valence-electron chi connectivity index (χ2n) is 14.0. The second-order valence-corrected chi connectivity index (χ2v) is 14.0. The summed E-state index contributed by atoms with van der Waals surface area (Å²) in [5, 5.41) is 12.3. The number of rotatable bonds is 9. The van der Waals surface area contributed by atoms with Crippen molar-refractivity contribution < 1.29 is 14.3 Å². The molecule has 0 radical (unpaired) electrons. The Morgan fingerprint density at radius 2 is 1.94 bits per heavy atom. The molecule has 1 aromatic heterocycles. The van der Waals surface area contributed by atoms with Crippen LogP contribution in [0.5, 0.6) is 6.01 Å². The fourth-order valence-electron chi connectivity index (χ4n) is 8.30. The van der Waals surface area contributed by atoms with E-state index in [-0.39, 0.29) is 23.9 Å². The maximum absolute atomic E-state index is 13.1. The summed E-state index contributed by atoms with van der Waals surface area (Å²) >= 11 is 0. The van der Waals surface area contributed by atoms with Crippen molar-refractivity contribution in [3.8, 4) is 12.1 Å². The minimum Gasteiger partial charge on any atom is -0.462 e. The lowest BCUT2D eigenvalue weighted by atomic mass is 9.68. The highest BCUT2D eigenvalue weighted by Crippen LogP contribution is 2.50. The molecule has 3 fully saturated rings. The summed E-state index contributed by atoms with van der Waals surface area (Å²) in [5.41, 5.74) is 4.74. The van der Waals surface area contributed by atoms with Gasteiger partial charge in [-0.3, -0.25) is 4.79 Å². The van der Waals surface area contributed by atoms with E-state index >= 15 is 0 Å². The van der Waals surface area contributed by atoms with Gasteiger partial charge >= 0.3 is 6.01 Å². The molecule has 2 saturated heterocycles. The number of ether oxygens (including phenoxy) is 2. The predicted molar refractivity (Wildman–Crippen MR) is 187 cm³/mol. The van der Waals surface area contributed by atoms with Crippen LogP contribution >= 0.6 is 0 Å². The molecule has 4 aliphatic rings. The number of amides is 1. The average Bonchev–Trinajstić information content (AvgIpc) is 3.50. The van der Waals surface area contributed by atoms with Crippen LogP contribution in [0.3, 0.4) is 0 Å². The predicted octanol–water partition coefficient (Wildman–Crippen LogP) is 5.03. The Balaban J connectivity index is 1.26. The Morgan fingerprint density at radius 3 is 2.67 bits per heavy atom. The molecule has 252 valence electrons. The molecule has 2 aromatic carbocycles. The normalized spacial score (nSPS) is 22.2. The van der Waals surface area contributed by atoms with Crippen LogP contribution in [0.2, 0.25) is 0 Å². The molecule has 4 heterocycles. The van der Waals surface area contributed by atoms with E-state index in [1.807, 2.05) is 4.90 Å². The topological polar surface area (TPSA) is 98.1 Å². The third-order valence-corrected chi connectivity index (χ3v) is 11.1. The number of nitriles is 1. The van der Waals surface area contributed by atoms with Gasteiger partial charge in [0.2, 0.25) is 5.91 Å². The van der Waals surface area contributed by atoms with Crippen LogP contribution in [0.1, 0.15) is 55.3 Å². The first-order chi connectivity index (χ1) is 23.4. The first kappa shape index (κ1) is 32.4. The maximum atomic E-state index is 13.1. The first-order valence-corrected chi connectivity index (χ1v) is 17.5. The zero-order valence-electron chi connectivity index (χ0n) is 28.5. The van der Waals surface area contributed by atoms with Crippen molar-refractivity contribution >= 4 is 28.2 Å². The molecule has 7 rings (SSSR count). The van der Waals surface area contributed by atoms with E-state index in [1.165, 1.54) is 40.4 Å². The van der Waals surface area contributed by atoms with Crippen molar-refractivity contribution in [2.45, 2.75) is 76.0 Å². The molecule has 1 amide bonds. The molecular weight excluding hydrogens is 602 g/mol. The van der Waals surface area contributed by atoms with E-state index in [2.05, 4.69) is 71.1 Å². The molecule has 48 heavy (non-hydrogen) atoms. The van der Waals surface area contributed by atoms with Crippen LogP contribution in [0, 0.1) is 18.3 Å². The van der Waals surface area contributed by atoms with Gasteiger partial charge in [-0.2, -0.15) is 15.2 Å². The molecule has 1 spiro atoms. The summed E-state index contributed by atoms with van der Waals surface area (Å²) in [6, 6.07) is 16.1. The number of carbonyl (C=O) groups excluding carboxylic acids is 1. The highest BCUT2D eigenvalue weighted by atomic mass is 16.5. The number of benzene rings is 2. The summed E-state index contributed by atoms with van der Waals surface area (Å²) in [5.74, 6) is 0.815. The smallest absolute Gasteiger partial charge is 0.318 e. The number of likely N-dealkylation sites (tertiary alicyclic amines) is 1. The molecule has 1 saturated carbocycles. The molecule has 10 heteroatoms. The van der Waals surface area contributed by atoms with Crippen molar-refractivity contribution in [3.63, 3.8) is 0 Å². The summed E-state index contributed by atoms with van der Waals surface area (Å²) in [6.45, 7) is 6.56. The number of aromatic nitrogens is 2. The van der Waals surface area contributed by atoms with Crippen LogP contribution in [-0.2, 0) is 22.5 Å². The number of methoxy groups -OCH3 is 1. The van der Waals surface area contributed by atoms with E-state index in [1.54, 1.807) is 19.3 Å². The number of hydrogen-bond acceptors (Lipinski definition) is 9. The summed E-state index contributed by atoms with van der Waals surface area (Å²) in [6.07, 6.45) is 10.1. The highest BCUT2D eigenvalue weighted by Gasteiger charge is 2.48. The van der Waals surface area contributed by atoms with Gasteiger partial charge in [-0.25, -0.2) is 0 Å². The average molecular weight is 650 g/mol. The molecule has 2 atom stereocenters. The summed E-state index contributed by atoms with van der Waals surface area (Å²) < 4.78 is 11.5. The van der Waals surface area contributed by atoms with E-state index in [0.29, 0.717) is 51.4 Å². The van der Waals surface area contributed by atoms with Crippen LogP contribution in [0.4, 0.5) is 11.5 Å². The van der Waals surface area contributed by atoms with Crippen LogP contribution < -0.4 is 14.5 Å². The van der Waals surface area contributed by atoms with Gasteiger partial charge in [-0.1, -0.05) is 36.4 Å². The Morgan fingerprint density at radius 1 is 1.10 bits per heavy atom. The SMILES string of the molecule is COC/C=C/C(=O)N1CCN(c2nc(OC[C@@H]3CCCN3C)nc3c2CC2(CCC2)N(c2cccc4cccc(C)c24)C3)C[C@@H]1CC#N. The zero-order valence-corrected chi connectivity index (χ0v) is 28.5. The minimum atomic E-state index is -0.248. The third kappa shape index (κ3) is 6.10. The van der Waals surface area contributed by atoms with Gasteiger partial charge in [0.05, 0.1) is 37.4 Å². The van der Waals surface area contributed by atoms with Crippen LogP contribution in [0.15, 0.2) is 48.6 Å². The molecule has 0 N–H and O–H groups in total. The Labute approximate surface area is 283 Å². The maximum Gasteiger partial charge on any atom is 0.318 e. The molecule has 0 unspecified atom stereocenters. The van der Waals surface area contributed by atoms with E-state index < -0.39 is 0 Å². The van der Waals surface area contributed by atoms with Gasteiger partial charge < -0.3 is 29.1 Å². The van der Waals surface area contributed by atoms with E-state index in [4.69, 9.17) is 19.4 Å². The number of piperazine rings is 1. The minimum absolute atomic E-state index is 0.00735. The van der Waals surface area contributed by atoms with Crippen molar-refractivity contribution in [2.24, 2.45) is 0 Å². The van der Waals surface area contributed by atoms with E-state index in [0.717, 1.165) is 43.7 Å². The summed E-state index contributed by atoms with van der Waals surface area (Å²) in [7, 11) is 3.76. The van der Waals surface area contributed by atoms with Crippen molar-refractivity contribution in [1.82, 2.24) is 19.8 Å². The van der Waals surface area contributed by atoms with Gasteiger partial charge in [0.1, 0.15) is 12.4 Å². The van der Waals surface area contributed by atoms with Gasteiger partial charge in [-0.15, -0.1) is 0 Å². The van der Waals surface area contributed by atoms with Gasteiger partial charge in [-0.05, 0) is 69.6 Å². The standard InChI is InChI=1S/C38H47N7O3/c1-27-9-4-10-28-11-5-13-33(35(27)28)45-25-32-31(23-38(45)16-8-17-38)36(41-37(40-32)48-26-30-12-6-19-42(30)2)43-20-21-44(29(24-43)15-18-39)34(46)14-7-22-47-3/h4-5,7,9-11,13-14,29-30H,6,8,12,15-17,19-26H2,1-3H3/b14-7+/t29-,30-/m0/s1. The number of hydrogen-bond donors (Lipinski definition) is 0. The Bertz CT molecular complexity index is 1730. The lowest BCUT2D eigenvalue weighted by molar-refractivity contribution is -0.128. The van der Waals surface area contributed by atoms with Crippen molar-refractivity contribution in [1.29, 1.82) is 5.26 Å². The summed E-state index contributed by atoms with van der Waals surface area (Å²) in [4.78, 5) is 32.5. The number of nitrogens with zero attached hydrogens (tertiary/aromatic N) is 7. The van der Waals surface area contributed by atoms with E-state index in [9.17, 15) is 10.1 Å². The Hall–Kier alpha value is -4.20. The number of anilines is 2. The van der Waals surface area contributed by atoms with Crippen LogP contribution in [0.25, 0.3) is 10.8 Å². The lowest BCUT2D eigenvalue weighted by Gasteiger charge is -2.55. The fourth-order valence-corrected chi connectivity index (χ4v) is 8.30. The quantitative estimate of drug-likeness (QED) is 0.296. The molecule has 3 aliphatic heterocycles. The molecular formula is C38H47N7O3. The largest absolute Gasteiger partial charge is 0.462 e. The molecule has 3 aromatic rings. The third-order valence-electron chi connectivity index (χ3n) is 11.1. The first-order valence-electron chi connectivity index (χ1n) is 17.5. The molecule has 10 nitrogen and oxygen atoms in total. The van der Waals surface area contributed by atoms with Gasteiger partial charge in [0, 0.05) is 67.5 Å². The van der Waals surface area contributed by atoms with Crippen molar-refractivity contribution in [2.75, 3.05) is 63.4 Å². The number of likely N-dealkylation sites (N-methyl/N-ethyl adjacent to an activating group) is 1. The highest BCUT2D eigenvalue weighted by molar-refractivity contribution is 5.97. The Kier molecular flexibility index (Phi) is 9.25. The van der Waals surface area contributed by atoms with Crippen molar-refractivity contribution in [3.05, 3.63) is 65.4 Å². The monoisotopic (exact) mass is 649 g/mol. The van der Waals surface area contributed by atoms with Gasteiger partial charge in [0.25, 0.3) is 0 Å². The second kappa shape index (κ2) is 13.7. The number of fused-ring (bicyclic) bond motifs is 2. The number of carbonyl (C=O) groups is 1. The zero-order chi connectivity index (χ0) is 33.3. The number of aryl methyl sites for hydroxylation is 1. The molecule has 0 bridgehead atoms. The van der Waals surface area contributed by atoms with Gasteiger partial charge in [0.15, 0.2) is 0 Å². The van der Waals surface area contributed by atoms with Crippen LogP contribution in [-0.4, -0.2) is 96.8 Å².